The highest BCUT2D eigenvalue weighted by atomic mass is 16.6. The summed E-state index contributed by atoms with van der Waals surface area (Å²) in [6.45, 7) is 14.4. The normalized spacial score (nSPS) is 58.0. The molecule has 0 aromatic heterocycles. The zero-order valence-electron chi connectivity index (χ0n) is 15.3. The Bertz CT molecular complexity index is 423. The van der Waals surface area contributed by atoms with Gasteiger partial charge in [-0.3, -0.25) is 0 Å². The molecule has 8 unspecified atom stereocenters. The molecule has 0 aromatic carbocycles. The largest absolute Gasteiger partial charge is 0.366 e. The quantitative estimate of drug-likeness (QED) is 0.708. The average Bonchev–Trinajstić information content (AvgIpc) is 3.24. The van der Waals surface area contributed by atoms with Gasteiger partial charge in [0.1, 0.15) is 0 Å². The first-order valence-electron chi connectivity index (χ1n) is 9.59. The maximum Gasteiger partial charge on any atom is 0.0926 e. The molecule has 22 heavy (non-hydrogen) atoms. The fraction of sp³-hybridized carbons (Fsp3) is 1.00. The average molecular weight is 306 g/mol. The highest BCUT2D eigenvalue weighted by Gasteiger charge is 2.63. The van der Waals surface area contributed by atoms with E-state index in [4.69, 9.17) is 9.47 Å². The second kappa shape index (κ2) is 4.72. The van der Waals surface area contributed by atoms with Gasteiger partial charge in [-0.1, -0.05) is 27.7 Å². The minimum atomic E-state index is 0.207. The van der Waals surface area contributed by atoms with Crippen LogP contribution in [-0.2, 0) is 9.47 Å². The van der Waals surface area contributed by atoms with E-state index in [1.807, 2.05) is 0 Å². The van der Waals surface area contributed by atoms with Gasteiger partial charge in [0.15, 0.2) is 0 Å². The third-order valence-electron chi connectivity index (χ3n) is 7.46. The summed E-state index contributed by atoms with van der Waals surface area (Å²) in [5.41, 5.74) is 0.413. The molecule has 8 atom stereocenters. The Morgan fingerprint density at radius 2 is 1.23 bits per heavy atom. The number of ether oxygens (including phenoxy) is 2. The lowest BCUT2D eigenvalue weighted by molar-refractivity contribution is 0.0698. The number of rotatable bonds is 3. The molecule has 0 N–H and O–H groups in total. The Morgan fingerprint density at radius 3 is 1.55 bits per heavy atom. The summed E-state index contributed by atoms with van der Waals surface area (Å²) in [6, 6.07) is 0. The van der Waals surface area contributed by atoms with Crippen molar-refractivity contribution in [2.75, 3.05) is 0 Å². The number of hydrogen-bond donors (Lipinski definition) is 0. The summed E-state index contributed by atoms with van der Waals surface area (Å²) in [4.78, 5) is 0. The van der Waals surface area contributed by atoms with Crippen LogP contribution < -0.4 is 0 Å². The van der Waals surface area contributed by atoms with Gasteiger partial charge in [-0.2, -0.15) is 0 Å². The van der Waals surface area contributed by atoms with Crippen LogP contribution in [0.25, 0.3) is 0 Å². The smallest absolute Gasteiger partial charge is 0.0926 e. The van der Waals surface area contributed by atoms with Crippen LogP contribution in [0.3, 0.4) is 0 Å². The molecule has 0 radical (unpaired) electrons. The van der Waals surface area contributed by atoms with Gasteiger partial charge in [-0.05, 0) is 75.0 Å². The van der Waals surface area contributed by atoms with E-state index in [-0.39, 0.29) is 11.2 Å². The molecule has 2 aliphatic carbocycles. The van der Waals surface area contributed by atoms with Gasteiger partial charge in [0, 0.05) is 0 Å². The van der Waals surface area contributed by atoms with Crippen LogP contribution in [0.1, 0.15) is 67.2 Å². The predicted octanol–water partition coefficient (Wildman–Crippen LogP) is 4.67. The van der Waals surface area contributed by atoms with Crippen molar-refractivity contribution in [3.05, 3.63) is 0 Å². The first-order valence-corrected chi connectivity index (χ1v) is 9.59. The van der Waals surface area contributed by atoms with E-state index < -0.39 is 0 Å². The van der Waals surface area contributed by atoms with Crippen LogP contribution in [0.5, 0.6) is 0 Å². The van der Waals surface area contributed by atoms with Gasteiger partial charge in [-0.15, -0.1) is 0 Å². The third-order valence-corrected chi connectivity index (χ3v) is 7.46. The Morgan fingerprint density at radius 1 is 0.818 bits per heavy atom. The Kier molecular flexibility index (Phi) is 3.32. The zero-order chi connectivity index (χ0) is 15.9. The molecule has 0 bridgehead atoms. The van der Waals surface area contributed by atoms with Crippen molar-refractivity contribution < 1.29 is 9.47 Å². The van der Waals surface area contributed by atoms with Crippen molar-refractivity contribution in [3.8, 4) is 0 Å². The number of epoxide rings is 2. The first kappa shape index (κ1) is 15.4. The Hall–Kier alpha value is -0.0800. The Labute approximate surface area is 136 Å². The SMILES string of the molecule is CC(C)C(C1CC(C)C2OC2(C)C1)C1CC(C)C2OC2(C)C1. The topological polar surface area (TPSA) is 25.1 Å². The molecule has 2 aliphatic heterocycles. The van der Waals surface area contributed by atoms with E-state index in [0.717, 1.165) is 35.5 Å². The van der Waals surface area contributed by atoms with Gasteiger partial charge < -0.3 is 9.47 Å². The van der Waals surface area contributed by atoms with Gasteiger partial charge in [-0.25, -0.2) is 0 Å². The molecule has 0 spiro atoms. The fourth-order valence-corrected chi connectivity index (χ4v) is 6.75. The molecule has 4 aliphatic rings. The molecule has 2 heterocycles. The van der Waals surface area contributed by atoms with Crippen molar-refractivity contribution in [2.45, 2.75) is 90.6 Å². The molecule has 0 aromatic rings. The molecule has 126 valence electrons. The van der Waals surface area contributed by atoms with Crippen molar-refractivity contribution in [1.82, 2.24) is 0 Å². The van der Waals surface area contributed by atoms with E-state index in [9.17, 15) is 0 Å². The second-order valence-electron chi connectivity index (χ2n) is 9.88. The minimum absolute atomic E-state index is 0.207. The molecule has 2 nitrogen and oxygen atoms in total. The maximum atomic E-state index is 6.07. The monoisotopic (exact) mass is 306 g/mol. The Balaban J connectivity index is 1.53. The summed E-state index contributed by atoms with van der Waals surface area (Å²) in [5, 5.41) is 0. The van der Waals surface area contributed by atoms with Gasteiger partial charge >= 0.3 is 0 Å². The molecule has 2 saturated carbocycles. The first-order chi connectivity index (χ1) is 10.2. The molecule has 0 amide bonds. The predicted molar refractivity (Wildman–Crippen MR) is 88.7 cm³/mol. The lowest BCUT2D eigenvalue weighted by atomic mass is 9.60. The van der Waals surface area contributed by atoms with Crippen LogP contribution in [-0.4, -0.2) is 23.4 Å². The van der Waals surface area contributed by atoms with E-state index in [1.165, 1.54) is 25.7 Å². The summed E-state index contributed by atoms with van der Waals surface area (Å²) in [5.74, 6) is 4.78. The van der Waals surface area contributed by atoms with Gasteiger partial charge in [0.25, 0.3) is 0 Å². The van der Waals surface area contributed by atoms with E-state index >= 15 is 0 Å². The number of fused-ring (bicyclic) bond motifs is 2. The highest BCUT2D eigenvalue weighted by molar-refractivity contribution is 5.11. The van der Waals surface area contributed by atoms with E-state index in [0.29, 0.717) is 12.2 Å². The summed E-state index contributed by atoms with van der Waals surface area (Å²) < 4.78 is 12.1. The van der Waals surface area contributed by atoms with E-state index in [2.05, 4.69) is 41.5 Å². The van der Waals surface area contributed by atoms with Gasteiger partial charge in [0.05, 0.1) is 23.4 Å². The van der Waals surface area contributed by atoms with Crippen molar-refractivity contribution >= 4 is 0 Å². The van der Waals surface area contributed by atoms with Crippen molar-refractivity contribution in [3.63, 3.8) is 0 Å². The molecular formula is C20H34O2. The van der Waals surface area contributed by atoms with Crippen LogP contribution in [0, 0.1) is 35.5 Å². The highest BCUT2D eigenvalue weighted by Crippen LogP contribution is 2.59. The zero-order valence-corrected chi connectivity index (χ0v) is 15.3. The lowest BCUT2D eigenvalue weighted by Crippen LogP contribution is -2.41. The maximum absolute atomic E-state index is 6.07. The summed E-state index contributed by atoms with van der Waals surface area (Å²) in [7, 11) is 0. The lowest BCUT2D eigenvalue weighted by Gasteiger charge is -2.43. The molecule has 2 saturated heterocycles. The van der Waals surface area contributed by atoms with Crippen LogP contribution in [0.15, 0.2) is 0 Å². The third kappa shape index (κ3) is 2.28. The fourth-order valence-electron chi connectivity index (χ4n) is 6.75. The molecule has 4 fully saturated rings. The summed E-state index contributed by atoms with van der Waals surface area (Å²) >= 11 is 0. The van der Waals surface area contributed by atoms with Crippen LogP contribution in [0.4, 0.5) is 0 Å². The molecule has 2 heteroatoms. The van der Waals surface area contributed by atoms with E-state index in [1.54, 1.807) is 0 Å². The molecule has 4 rings (SSSR count). The second-order valence-corrected chi connectivity index (χ2v) is 9.88. The molecular weight excluding hydrogens is 272 g/mol. The van der Waals surface area contributed by atoms with Gasteiger partial charge in [0.2, 0.25) is 0 Å². The van der Waals surface area contributed by atoms with Crippen LogP contribution >= 0.6 is 0 Å². The van der Waals surface area contributed by atoms with Crippen LogP contribution in [0.2, 0.25) is 0 Å². The van der Waals surface area contributed by atoms with Crippen molar-refractivity contribution in [2.24, 2.45) is 35.5 Å². The standard InChI is InChI=1S/C20H34O2/c1-11(2)16(14-7-12(3)17-19(5,9-14)21-17)15-8-13(4)18-20(6,10-15)22-18/h11-18H,7-10H2,1-6H3. The van der Waals surface area contributed by atoms with Crippen molar-refractivity contribution in [1.29, 1.82) is 0 Å². The minimum Gasteiger partial charge on any atom is -0.366 e. The number of hydrogen-bond acceptors (Lipinski definition) is 2. The summed E-state index contributed by atoms with van der Waals surface area (Å²) in [6.07, 6.45) is 6.42.